The second kappa shape index (κ2) is 7.14. The van der Waals surface area contributed by atoms with Gasteiger partial charge >= 0.3 is 0 Å². The van der Waals surface area contributed by atoms with Crippen molar-refractivity contribution in [2.24, 2.45) is 0 Å². The van der Waals surface area contributed by atoms with E-state index >= 15 is 0 Å². The fourth-order valence-electron chi connectivity index (χ4n) is 3.55. The lowest BCUT2D eigenvalue weighted by Gasteiger charge is -2.34. The second-order valence-electron chi connectivity index (χ2n) is 6.30. The summed E-state index contributed by atoms with van der Waals surface area (Å²) in [6.07, 6.45) is 6.36. The number of benzene rings is 1. The van der Waals surface area contributed by atoms with Crippen LogP contribution in [0.15, 0.2) is 61.1 Å². The first-order valence-corrected chi connectivity index (χ1v) is 8.62. The van der Waals surface area contributed by atoms with Gasteiger partial charge in [0.2, 0.25) is 0 Å². The average Bonchev–Trinajstić information content (AvgIpc) is 2.73. The largest absolute Gasteiger partial charge is 0.493 e. The molecular weight excluding hydrogens is 326 g/mol. The lowest BCUT2D eigenvalue weighted by atomic mass is 9.85. The SMILES string of the molecule is COc1cc2c(cc1OC)[C@H](c1cccnc1)N[C@H](c1ccccn1)C2. The molecule has 1 aliphatic rings. The van der Waals surface area contributed by atoms with Crippen LogP contribution in [0, 0.1) is 0 Å². The minimum absolute atomic E-state index is 0.0132. The smallest absolute Gasteiger partial charge is 0.161 e. The van der Waals surface area contributed by atoms with Crippen molar-refractivity contribution in [1.82, 2.24) is 15.3 Å². The van der Waals surface area contributed by atoms with E-state index in [0.717, 1.165) is 29.2 Å². The molecule has 0 radical (unpaired) electrons. The van der Waals surface area contributed by atoms with E-state index in [0.29, 0.717) is 0 Å². The number of ether oxygens (including phenoxy) is 2. The Balaban J connectivity index is 1.83. The summed E-state index contributed by atoms with van der Waals surface area (Å²) in [5, 5.41) is 3.73. The predicted molar refractivity (Wildman–Crippen MR) is 99.4 cm³/mol. The van der Waals surface area contributed by atoms with Crippen LogP contribution in [0.4, 0.5) is 0 Å². The van der Waals surface area contributed by atoms with Crippen LogP contribution in [0.5, 0.6) is 11.5 Å². The third-order valence-corrected chi connectivity index (χ3v) is 4.81. The summed E-state index contributed by atoms with van der Waals surface area (Å²) in [6, 6.07) is 14.3. The molecule has 5 nitrogen and oxygen atoms in total. The van der Waals surface area contributed by atoms with Crippen molar-refractivity contribution >= 4 is 0 Å². The Hall–Kier alpha value is -2.92. The van der Waals surface area contributed by atoms with Gasteiger partial charge in [-0.05, 0) is 53.4 Å². The zero-order chi connectivity index (χ0) is 17.9. The Morgan fingerprint density at radius 1 is 1.00 bits per heavy atom. The van der Waals surface area contributed by atoms with E-state index in [1.807, 2.05) is 30.6 Å². The van der Waals surface area contributed by atoms with Gasteiger partial charge in [-0.3, -0.25) is 15.3 Å². The first-order chi connectivity index (χ1) is 12.8. The Labute approximate surface area is 153 Å². The molecular formula is C21H21N3O2. The molecule has 26 heavy (non-hydrogen) atoms. The summed E-state index contributed by atoms with van der Waals surface area (Å²) in [4.78, 5) is 8.84. The monoisotopic (exact) mass is 347 g/mol. The van der Waals surface area contributed by atoms with Crippen LogP contribution in [0.25, 0.3) is 0 Å². The van der Waals surface area contributed by atoms with Gasteiger partial charge in [0, 0.05) is 18.6 Å². The van der Waals surface area contributed by atoms with E-state index in [2.05, 4.69) is 39.6 Å². The average molecular weight is 347 g/mol. The molecule has 0 spiro atoms. The number of pyridine rings is 2. The third-order valence-electron chi connectivity index (χ3n) is 4.81. The Morgan fingerprint density at radius 2 is 1.85 bits per heavy atom. The number of fused-ring (bicyclic) bond motifs is 1. The lowest BCUT2D eigenvalue weighted by molar-refractivity contribution is 0.350. The highest BCUT2D eigenvalue weighted by molar-refractivity contribution is 5.52. The summed E-state index contributed by atoms with van der Waals surface area (Å²) in [5.74, 6) is 1.48. The van der Waals surface area contributed by atoms with Gasteiger partial charge in [0.15, 0.2) is 11.5 Å². The van der Waals surface area contributed by atoms with E-state index < -0.39 is 0 Å². The first-order valence-electron chi connectivity index (χ1n) is 8.62. The van der Waals surface area contributed by atoms with Gasteiger partial charge in [-0.15, -0.1) is 0 Å². The third kappa shape index (κ3) is 3.02. The number of hydrogen-bond acceptors (Lipinski definition) is 5. The number of methoxy groups -OCH3 is 2. The molecule has 3 aromatic rings. The molecule has 0 bridgehead atoms. The summed E-state index contributed by atoms with van der Waals surface area (Å²) >= 11 is 0. The first kappa shape index (κ1) is 16.5. The summed E-state index contributed by atoms with van der Waals surface area (Å²) < 4.78 is 11.0. The van der Waals surface area contributed by atoms with Crippen molar-refractivity contribution in [3.8, 4) is 11.5 Å². The van der Waals surface area contributed by atoms with E-state index in [9.17, 15) is 0 Å². The normalized spacial score (nSPS) is 18.8. The summed E-state index contributed by atoms with van der Waals surface area (Å²) in [6.45, 7) is 0. The molecule has 0 unspecified atom stereocenters. The van der Waals surface area contributed by atoms with Crippen molar-refractivity contribution in [2.75, 3.05) is 14.2 Å². The molecule has 1 aliphatic heterocycles. The molecule has 0 saturated heterocycles. The highest BCUT2D eigenvalue weighted by Gasteiger charge is 2.30. The molecule has 0 aliphatic carbocycles. The molecule has 1 N–H and O–H groups in total. The van der Waals surface area contributed by atoms with Crippen LogP contribution in [0.2, 0.25) is 0 Å². The number of aromatic nitrogens is 2. The van der Waals surface area contributed by atoms with Gasteiger partial charge in [0.05, 0.1) is 32.0 Å². The highest BCUT2D eigenvalue weighted by Crippen LogP contribution is 2.40. The van der Waals surface area contributed by atoms with Gasteiger partial charge in [-0.2, -0.15) is 0 Å². The molecule has 0 saturated carbocycles. The van der Waals surface area contributed by atoms with Gasteiger partial charge in [-0.1, -0.05) is 12.1 Å². The van der Waals surface area contributed by atoms with Crippen LogP contribution in [0.3, 0.4) is 0 Å². The summed E-state index contributed by atoms with van der Waals surface area (Å²) in [5.41, 5.74) is 4.55. The molecule has 0 fully saturated rings. The van der Waals surface area contributed by atoms with Crippen molar-refractivity contribution in [3.05, 3.63) is 83.4 Å². The van der Waals surface area contributed by atoms with Gasteiger partial charge in [0.25, 0.3) is 0 Å². The fourth-order valence-corrected chi connectivity index (χ4v) is 3.55. The molecule has 3 heterocycles. The zero-order valence-electron chi connectivity index (χ0n) is 14.8. The Morgan fingerprint density at radius 3 is 2.54 bits per heavy atom. The molecule has 4 rings (SSSR count). The topological polar surface area (TPSA) is 56.3 Å². The molecule has 132 valence electrons. The highest BCUT2D eigenvalue weighted by atomic mass is 16.5. The second-order valence-corrected chi connectivity index (χ2v) is 6.30. The summed E-state index contributed by atoms with van der Waals surface area (Å²) in [7, 11) is 3.33. The van der Waals surface area contributed by atoms with Crippen molar-refractivity contribution in [1.29, 1.82) is 0 Å². The van der Waals surface area contributed by atoms with Crippen LogP contribution in [-0.4, -0.2) is 24.2 Å². The molecule has 0 amide bonds. The maximum atomic E-state index is 5.52. The molecule has 2 atom stereocenters. The van der Waals surface area contributed by atoms with Gasteiger partial charge in [-0.25, -0.2) is 0 Å². The van der Waals surface area contributed by atoms with E-state index in [-0.39, 0.29) is 12.1 Å². The fraction of sp³-hybridized carbons (Fsp3) is 0.238. The molecule has 2 aromatic heterocycles. The number of nitrogens with zero attached hydrogens (tertiary/aromatic N) is 2. The van der Waals surface area contributed by atoms with Crippen LogP contribution < -0.4 is 14.8 Å². The minimum atomic E-state index is 0.0132. The maximum absolute atomic E-state index is 5.52. The minimum Gasteiger partial charge on any atom is -0.493 e. The Kier molecular flexibility index (Phi) is 4.54. The van der Waals surface area contributed by atoms with Crippen LogP contribution in [-0.2, 0) is 6.42 Å². The van der Waals surface area contributed by atoms with E-state index in [1.165, 1.54) is 11.1 Å². The quantitative estimate of drug-likeness (QED) is 0.783. The van der Waals surface area contributed by atoms with Gasteiger partial charge in [0.1, 0.15) is 0 Å². The zero-order valence-corrected chi connectivity index (χ0v) is 14.8. The standard InChI is InChI=1S/C21H21N3O2/c1-25-19-11-15-10-18(17-7-3-4-9-23-17)24-21(14-6-5-8-22-13-14)16(15)12-20(19)26-2/h3-9,11-13,18,21,24H,10H2,1-2H3/t18-,21-/m0/s1. The molecule has 1 aromatic carbocycles. The van der Waals surface area contributed by atoms with Crippen molar-refractivity contribution < 1.29 is 9.47 Å². The lowest BCUT2D eigenvalue weighted by Crippen LogP contribution is -2.34. The van der Waals surface area contributed by atoms with Crippen LogP contribution in [0.1, 0.15) is 34.5 Å². The van der Waals surface area contributed by atoms with Gasteiger partial charge < -0.3 is 9.47 Å². The molecule has 5 heteroatoms. The van der Waals surface area contributed by atoms with Crippen molar-refractivity contribution in [2.45, 2.75) is 18.5 Å². The predicted octanol–water partition coefficient (Wildman–Crippen LogP) is 3.47. The van der Waals surface area contributed by atoms with E-state index in [1.54, 1.807) is 20.4 Å². The van der Waals surface area contributed by atoms with E-state index in [4.69, 9.17) is 9.47 Å². The number of nitrogens with one attached hydrogen (secondary N) is 1. The van der Waals surface area contributed by atoms with Crippen LogP contribution >= 0.6 is 0 Å². The number of hydrogen-bond donors (Lipinski definition) is 1. The maximum Gasteiger partial charge on any atom is 0.161 e. The van der Waals surface area contributed by atoms with Crippen molar-refractivity contribution in [3.63, 3.8) is 0 Å². The Bertz CT molecular complexity index is 885. The number of rotatable bonds is 4.